The smallest absolute Gasteiger partial charge is 0.295 e. The minimum absolute atomic E-state index is 0.182. The summed E-state index contributed by atoms with van der Waals surface area (Å²) in [6.45, 7) is 4.94. The molecule has 2 aromatic heterocycles. The number of nitrogens with zero attached hydrogens (tertiary/aromatic N) is 5. The number of hydrogen-bond acceptors (Lipinski definition) is 7. The number of carbonyl (C=O) groups excluding carboxylic acids is 3. The Kier molecular flexibility index (Phi) is 6.36. The maximum atomic E-state index is 13.0. The van der Waals surface area contributed by atoms with Crippen molar-refractivity contribution in [3.63, 3.8) is 0 Å². The van der Waals surface area contributed by atoms with Crippen LogP contribution in [0.25, 0.3) is 26.9 Å². The van der Waals surface area contributed by atoms with Gasteiger partial charge in [0.05, 0.1) is 18.8 Å². The van der Waals surface area contributed by atoms with Crippen LogP contribution in [0.2, 0.25) is 0 Å². The van der Waals surface area contributed by atoms with Crippen molar-refractivity contribution < 1.29 is 14.4 Å². The molecular formula is C31H28N6O3S. The molecule has 0 spiro atoms. The molecule has 1 fully saturated rings. The van der Waals surface area contributed by atoms with Crippen LogP contribution in [0.4, 0.5) is 4.79 Å². The topological polar surface area (TPSA) is 98.7 Å². The van der Waals surface area contributed by atoms with Crippen LogP contribution in [-0.2, 0) is 17.9 Å². The van der Waals surface area contributed by atoms with Crippen molar-refractivity contribution in [3.05, 3.63) is 88.2 Å². The summed E-state index contributed by atoms with van der Waals surface area (Å²) >= 11 is 1.67. The number of nitrogens with one attached hydrogen (secondary N) is 1. The van der Waals surface area contributed by atoms with E-state index in [4.69, 9.17) is 9.97 Å². The number of imide groups is 1. The minimum atomic E-state index is -0.548. The van der Waals surface area contributed by atoms with E-state index in [0.717, 1.165) is 58.9 Å². The predicted molar refractivity (Wildman–Crippen MR) is 157 cm³/mol. The number of fused-ring (bicyclic) bond motifs is 2. The Hall–Kier alpha value is -4.41. The standard InChI is InChI=1S/C31H28N6O3S/c1-19-32-28(27-25(18-41-29(27)33-19)21-5-3-2-4-6-21)22-9-12-35(13-10-22)16-20-7-8-24-23(15-20)17-37(30(24)39)36-14-11-26(38)34-31(36)40/h2-9,15,18H,10-14,16-17H2,1H3,(H,34,38,40). The monoisotopic (exact) mass is 564 g/mol. The quantitative estimate of drug-likeness (QED) is 0.375. The zero-order valence-corrected chi connectivity index (χ0v) is 23.4. The Morgan fingerprint density at radius 1 is 0.951 bits per heavy atom. The molecule has 0 radical (unpaired) electrons. The zero-order valence-electron chi connectivity index (χ0n) is 22.6. The highest BCUT2D eigenvalue weighted by Gasteiger charge is 2.37. The molecule has 206 valence electrons. The van der Waals surface area contributed by atoms with Crippen molar-refractivity contribution in [1.29, 1.82) is 0 Å². The lowest BCUT2D eigenvalue weighted by Crippen LogP contribution is -2.56. The predicted octanol–water partition coefficient (Wildman–Crippen LogP) is 4.77. The molecule has 4 aromatic rings. The second-order valence-electron chi connectivity index (χ2n) is 10.6. The summed E-state index contributed by atoms with van der Waals surface area (Å²) in [4.78, 5) is 49.9. The van der Waals surface area contributed by atoms with Gasteiger partial charge in [0.1, 0.15) is 10.7 Å². The first kappa shape index (κ1) is 25.6. The van der Waals surface area contributed by atoms with Gasteiger partial charge in [-0.25, -0.2) is 24.8 Å². The van der Waals surface area contributed by atoms with Crippen LogP contribution in [0, 0.1) is 6.92 Å². The molecule has 1 N–H and O–H groups in total. The largest absolute Gasteiger partial charge is 0.342 e. The van der Waals surface area contributed by atoms with Crippen LogP contribution >= 0.6 is 11.3 Å². The summed E-state index contributed by atoms with van der Waals surface area (Å²) < 4.78 is 0. The van der Waals surface area contributed by atoms with Crippen molar-refractivity contribution in [2.24, 2.45) is 0 Å². The molecule has 5 heterocycles. The second kappa shape index (κ2) is 10.2. The van der Waals surface area contributed by atoms with Gasteiger partial charge in [0, 0.05) is 47.9 Å². The number of hydrazine groups is 1. The van der Waals surface area contributed by atoms with E-state index in [1.807, 2.05) is 25.1 Å². The molecule has 41 heavy (non-hydrogen) atoms. The van der Waals surface area contributed by atoms with Crippen molar-refractivity contribution >= 4 is 45.0 Å². The minimum Gasteiger partial charge on any atom is -0.295 e. The van der Waals surface area contributed by atoms with E-state index in [1.165, 1.54) is 26.7 Å². The third kappa shape index (κ3) is 4.68. The fourth-order valence-electron chi connectivity index (χ4n) is 5.88. The van der Waals surface area contributed by atoms with E-state index >= 15 is 0 Å². The number of benzene rings is 2. The SMILES string of the molecule is Cc1nc(C2=CCN(Cc3ccc4c(c3)CN(N3CCC(=O)NC3=O)C4=O)CC2)c2c(-c3ccccc3)csc2n1. The lowest BCUT2D eigenvalue weighted by Gasteiger charge is -2.33. The first-order valence-corrected chi connectivity index (χ1v) is 14.6. The Labute approximate surface area is 241 Å². The molecule has 0 saturated carbocycles. The van der Waals surface area contributed by atoms with Crippen LogP contribution in [0.5, 0.6) is 0 Å². The first-order valence-electron chi connectivity index (χ1n) is 13.7. The van der Waals surface area contributed by atoms with Gasteiger partial charge in [-0.15, -0.1) is 11.3 Å². The number of amides is 4. The highest BCUT2D eigenvalue weighted by Crippen LogP contribution is 2.38. The number of rotatable bonds is 5. The molecule has 0 unspecified atom stereocenters. The van der Waals surface area contributed by atoms with Gasteiger partial charge >= 0.3 is 6.03 Å². The second-order valence-corrected chi connectivity index (χ2v) is 11.5. The molecule has 4 amide bonds. The van der Waals surface area contributed by atoms with E-state index in [0.29, 0.717) is 12.1 Å². The highest BCUT2D eigenvalue weighted by molar-refractivity contribution is 7.17. The van der Waals surface area contributed by atoms with E-state index in [-0.39, 0.29) is 24.8 Å². The van der Waals surface area contributed by atoms with Crippen molar-refractivity contribution in [2.45, 2.75) is 32.9 Å². The summed E-state index contributed by atoms with van der Waals surface area (Å²) in [5.74, 6) is 0.256. The molecule has 7 rings (SSSR count). The third-order valence-corrected chi connectivity index (χ3v) is 8.78. The molecule has 2 aromatic carbocycles. The van der Waals surface area contributed by atoms with Crippen LogP contribution in [0.15, 0.2) is 60.0 Å². The lowest BCUT2D eigenvalue weighted by molar-refractivity contribution is -0.123. The molecule has 3 aliphatic rings. The van der Waals surface area contributed by atoms with Crippen molar-refractivity contribution in [3.8, 4) is 11.1 Å². The Morgan fingerprint density at radius 3 is 2.59 bits per heavy atom. The molecule has 1 saturated heterocycles. The lowest BCUT2D eigenvalue weighted by atomic mass is 9.97. The average molecular weight is 565 g/mol. The third-order valence-electron chi connectivity index (χ3n) is 7.91. The average Bonchev–Trinajstić information content (AvgIpc) is 3.54. The van der Waals surface area contributed by atoms with E-state index in [9.17, 15) is 14.4 Å². The summed E-state index contributed by atoms with van der Waals surface area (Å²) in [6.07, 6.45) is 3.35. The fraction of sp³-hybridized carbons (Fsp3) is 0.258. The van der Waals surface area contributed by atoms with Gasteiger partial charge in [-0.3, -0.25) is 19.8 Å². The molecule has 9 nitrogen and oxygen atoms in total. The van der Waals surface area contributed by atoms with Crippen LogP contribution in [0.1, 0.15) is 45.8 Å². The molecular weight excluding hydrogens is 536 g/mol. The van der Waals surface area contributed by atoms with Gasteiger partial charge in [-0.2, -0.15) is 0 Å². The zero-order chi connectivity index (χ0) is 28.1. The Balaban J connectivity index is 1.08. The Bertz CT molecular complexity index is 1750. The van der Waals surface area contributed by atoms with Gasteiger partial charge in [-0.05, 0) is 41.7 Å². The first-order chi connectivity index (χ1) is 19.9. The summed E-state index contributed by atoms with van der Waals surface area (Å²) in [5.41, 5.74) is 7.26. The molecule has 0 atom stereocenters. The number of aryl methyl sites for hydroxylation is 1. The normalized spacial score (nSPS) is 17.7. The summed E-state index contributed by atoms with van der Waals surface area (Å²) in [6, 6.07) is 15.8. The number of urea groups is 1. The maximum absolute atomic E-state index is 13.0. The van der Waals surface area contributed by atoms with Crippen molar-refractivity contribution in [2.75, 3.05) is 19.6 Å². The maximum Gasteiger partial charge on any atom is 0.342 e. The highest BCUT2D eigenvalue weighted by atomic mass is 32.1. The van der Waals surface area contributed by atoms with Gasteiger partial charge < -0.3 is 0 Å². The van der Waals surface area contributed by atoms with Gasteiger partial charge in [0.15, 0.2) is 0 Å². The van der Waals surface area contributed by atoms with Crippen LogP contribution in [-0.4, -0.2) is 62.4 Å². The number of hydrogen-bond donors (Lipinski definition) is 1. The van der Waals surface area contributed by atoms with E-state index < -0.39 is 6.03 Å². The van der Waals surface area contributed by atoms with Crippen LogP contribution in [0.3, 0.4) is 0 Å². The summed E-state index contributed by atoms with van der Waals surface area (Å²) in [5, 5.41) is 8.38. The number of thiophene rings is 1. The fourth-order valence-corrected chi connectivity index (χ4v) is 6.87. The summed E-state index contributed by atoms with van der Waals surface area (Å²) in [7, 11) is 0. The number of aromatic nitrogens is 2. The Morgan fingerprint density at radius 2 is 1.80 bits per heavy atom. The van der Waals surface area contributed by atoms with Crippen LogP contribution < -0.4 is 5.32 Å². The van der Waals surface area contributed by atoms with E-state index in [1.54, 1.807) is 11.3 Å². The van der Waals surface area contributed by atoms with Crippen molar-refractivity contribution in [1.82, 2.24) is 30.2 Å². The van der Waals surface area contributed by atoms with Gasteiger partial charge in [0.2, 0.25) is 5.91 Å². The van der Waals surface area contributed by atoms with Gasteiger partial charge in [0.25, 0.3) is 5.91 Å². The molecule has 10 heteroatoms. The molecule has 0 bridgehead atoms. The number of carbonyl (C=O) groups is 3. The molecule has 3 aliphatic heterocycles. The van der Waals surface area contributed by atoms with E-state index in [2.05, 4.69) is 52.0 Å². The molecule has 0 aliphatic carbocycles. The van der Waals surface area contributed by atoms with Gasteiger partial charge in [-0.1, -0.05) is 48.5 Å².